The van der Waals surface area contributed by atoms with Gasteiger partial charge in [0.25, 0.3) is 0 Å². The van der Waals surface area contributed by atoms with E-state index >= 15 is 0 Å². The highest BCUT2D eigenvalue weighted by Gasteiger charge is 1.27. The minimum absolute atomic E-state index is 0. The molecule has 0 unspecified atom stereocenters. The summed E-state index contributed by atoms with van der Waals surface area (Å²) in [5, 5.41) is 15.5. The zero-order valence-corrected chi connectivity index (χ0v) is 3.03. The van der Waals surface area contributed by atoms with Crippen molar-refractivity contribution in [3.05, 3.63) is 0 Å². The van der Waals surface area contributed by atoms with E-state index in [-0.39, 0.29) is 17.4 Å². The third-order valence-corrected chi connectivity index (χ3v) is 0. The summed E-state index contributed by atoms with van der Waals surface area (Å²) in [6, 6.07) is 0. The van der Waals surface area contributed by atoms with Gasteiger partial charge in [0, 0.05) is 17.4 Å². The quantitative estimate of drug-likeness (QED) is 0.234. The standard InChI is InChI=1S/Al.H2O3/c;1-3-2/h;1-2H. The van der Waals surface area contributed by atoms with Gasteiger partial charge in [0.1, 0.15) is 0 Å². The maximum absolute atomic E-state index is 6.62. The molecule has 0 amide bonds. The van der Waals surface area contributed by atoms with E-state index in [1.807, 2.05) is 0 Å². The summed E-state index contributed by atoms with van der Waals surface area (Å²) in [7, 11) is 0. The van der Waals surface area contributed by atoms with Crippen LogP contribution in [0, 0.1) is 0 Å². The molecule has 0 bridgehead atoms. The number of rotatable bonds is 0. The molecule has 3 nitrogen and oxygen atoms in total. The van der Waals surface area contributed by atoms with Crippen molar-refractivity contribution in [3.8, 4) is 0 Å². The van der Waals surface area contributed by atoms with Crippen LogP contribution in [0.5, 0.6) is 0 Å². The molecule has 0 aromatic carbocycles. The van der Waals surface area contributed by atoms with Crippen LogP contribution < -0.4 is 0 Å². The van der Waals surface area contributed by atoms with Crippen molar-refractivity contribution in [1.29, 1.82) is 0 Å². The molecule has 2 N–H and O–H groups in total. The molecule has 0 fully saturated rings. The van der Waals surface area contributed by atoms with Crippen LogP contribution in [-0.4, -0.2) is 27.9 Å². The summed E-state index contributed by atoms with van der Waals surface area (Å²) in [4.78, 5) is 0. The molecule has 0 atom stereocenters. The normalized spacial score (nSPS) is 4.50. The Morgan fingerprint density at radius 3 is 1.25 bits per heavy atom. The van der Waals surface area contributed by atoms with Gasteiger partial charge < -0.3 is 0 Å². The third-order valence-electron chi connectivity index (χ3n) is 0. The van der Waals surface area contributed by atoms with Crippen LogP contribution in [0.25, 0.3) is 0 Å². The Bertz CT molecular complexity index is 3.25. The van der Waals surface area contributed by atoms with E-state index < -0.39 is 0 Å². The fourth-order valence-corrected chi connectivity index (χ4v) is 0. The maximum atomic E-state index is 6.62. The van der Waals surface area contributed by atoms with E-state index in [0.29, 0.717) is 0 Å². The minimum atomic E-state index is 0. The Balaban J connectivity index is 0. The molecule has 0 rings (SSSR count). The van der Waals surface area contributed by atoms with Gasteiger partial charge in [0.05, 0.1) is 0 Å². The number of hydrogen-bond acceptors (Lipinski definition) is 3. The van der Waals surface area contributed by atoms with Crippen LogP contribution in [0.15, 0.2) is 0 Å². The van der Waals surface area contributed by atoms with Gasteiger partial charge in [-0.05, 0) is 0 Å². The second-order valence-electron chi connectivity index (χ2n) is 0.0816. The molecule has 0 saturated heterocycles. The molecule has 0 aromatic heterocycles. The van der Waals surface area contributed by atoms with Gasteiger partial charge in [-0.3, -0.25) is 0 Å². The van der Waals surface area contributed by atoms with Crippen molar-refractivity contribution in [1.82, 2.24) is 0 Å². The van der Waals surface area contributed by atoms with Gasteiger partial charge in [-0.15, -0.1) is 0 Å². The Hall–Kier alpha value is 0.412. The summed E-state index contributed by atoms with van der Waals surface area (Å²) in [6.45, 7) is 0. The van der Waals surface area contributed by atoms with E-state index in [0.717, 1.165) is 0 Å². The summed E-state index contributed by atoms with van der Waals surface area (Å²) < 4.78 is 0. The van der Waals surface area contributed by atoms with E-state index in [9.17, 15) is 0 Å². The largest absolute Gasteiger partial charge is 0.221 e. The lowest BCUT2D eigenvalue weighted by atomic mass is 14.6. The fourth-order valence-electron chi connectivity index (χ4n) is 0. The molecule has 4 heteroatoms. The van der Waals surface area contributed by atoms with Gasteiger partial charge in [-0.1, -0.05) is 5.04 Å². The minimum Gasteiger partial charge on any atom is -0.221 e. The molecule has 0 heterocycles. The highest BCUT2D eigenvalue weighted by molar-refractivity contribution is 5.75. The van der Waals surface area contributed by atoms with Crippen molar-refractivity contribution in [2.24, 2.45) is 0 Å². The fraction of sp³-hybridized carbons (Fsp3) is 0. The summed E-state index contributed by atoms with van der Waals surface area (Å²) >= 11 is 0. The average molecular weight is 77.0 g/mol. The molecule has 0 aromatic rings. The lowest BCUT2D eigenvalue weighted by molar-refractivity contribution is -0.465. The Morgan fingerprint density at radius 1 is 1.25 bits per heavy atom. The van der Waals surface area contributed by atoms with E-state index in [1.165, 1.54) is 0 Å². The first-order chi connectivity index (χ1) is 1.41. The van der Waals surface area contributed by atoms with Gasteiger partial charge in [0.2, 0.25) is 0 Å². The second-order valence-corrected chi connectivity index (χ2v) is 0.0816. The van der Waals surface area contributed by atoms with Gasteiger partial charge in [-0.2, -0.15) is 0 Å². The van der Waals surface area contributed by atoms with Crippen molar-refractivity contribution in [2.45, 2.75) is 0 Å². The van der Waals surface area contributed by atoms with Crippen molar-refractivity contribution in [2.75, 3.05) is 0 Å². The van der Waals surface area contributed by atoms with E-state index in [4.69, 9.17) is 10.5 Å². The van der Waals surface area contributed by atoms with Crippen molar-refractivity contribution in [3.63, 3.8) is 0 Å². The summed E-state index contributed by atoms with van der Waals surface area (Å²) in [5.74, 6) is 0. The molecule has 0 aliphatic heterocycles. The zero-order chi connectivity index (χ0) is 2.71. The SMILES string of the molecule is OOO.[Al]. The van der Waals surface area contributed by atoms with Gasteiger partial charge >= 0.3 is 0 Å². The maximum Gasteiger partial charge on any atom is 0 e. The lowest BCUT2D eigenvalue weighted by Gasteiger charge is -1.56. The highest BCUT2D eigenvalue weighted by Crippen LogP contribution is 1.24. The highest BCUT2D eigenvalue weighted by atomic mass is 27.0. The predicted octanol–water partition coefficient (Wildman–Crippen LogP) is -0.432. The van der Waals surface area contributed by atoms with Crippen LogP contribution >= 0.6 is 0 Å². The average Bonchev–Trinajstić information content (AvgIpc) is 0.918. The molecule has 0 aliphatic rings. The monoisotopic (exact) mass is 77.0 g/mol. The molecular weight excluding hydrogens is 75.0 g/mol. The summed E-state index contributed by atoms with van der Waals surface area (Å²) in [5.41, 5.74) is 0. The lowest BCUT2D eigenvalue weighted by Crippen LogP contribution is -1.60. The Morgan fingerprint density at radius 2 is 1.25 bits per heavy atom. The van der Waals surface area contributed by atoms with Crippen molar-refractivity contribution < 1.29 is 15.6 Å². The molecule has 0 saturated carbocycles. The second kappa shape index (κ2) is 9.95. The zero-order valence-electron chi connectivity index (χ0n) is 1.88. The van der Waals surface area contributed by atoms with Crippen LogP contribution in [-0.2, 0) is 5.04 Å². The van der Waals surface area contributed by atoms with Crippen LogP contribution in [0.3, 0.4) is 0 Å². The first-order valence-corrected chi connectivity index (χ1v) is 0.365. The molecule has 23 valence electrons. The van der Waals surface area contributed by atoms with Gasteiger partial charge in [0.15, 0.2) is 0 Å². The Labute approximate surface area is 33.8 Å². The molecule has 3 radical (unpaired) electrons. The molecule has 0 spiro atoms. The third kappa shape index (κ3) is 28.3. The first-order valence-electron chi connectivity index (χ1n) is 0.365. The van der Waals surface area contributed by atoms with E-state index in [1.54, 1.807) is 0 Å². The van der Waals surface area contributed by atoms with E-state index in [2.05, 4.69) is 5.04 Å². The Kier molecular flexibility index (Phi) is 22.0. The van der Waals surface area contributed by atoms with Crippen LogP contribution in [0.2, 0.25) is 0 Å². The molecule has 4 heavy (non-hydrogen) atoms. The summed E-state index contributed by atoms with van der Waals surface area (Å²) in [6.07, 6.45) is 0. The van der Waals surface area contributed by atoms with Gasteiger partial charge in [-0.25, -0.2) is 10.5 Å². The topological polar surface area (TPSA) is 49.7 Å². The van der Waals surface area contributed by atoms with Crippen LogP contribution in [0.4, 0.5) is 0 Å². The molecule has 0 aliphatic carbocycles. The molecular formula is H2AlO3. The smallest absolute Gasteiger partial charge is 0 e. The first kappa shape index (κ1) is 8.83. The number of hydrogen-bond donors (Lipinski definition) is 2. The van der Waals surface area contributed by atoms with Crippen molar-refractivity contribution >= 4 is 17.4 Å². The predicted molar refractivity (Wildman–Crippen MR) is 12.1 cm³/mol. The van der Waals surface area contributed by atoms with Crippen LogP contribution in [0.1, 0.15) is 0 Å².